The van der Waals surface area contributed by atoms with E-state index in [0.29, 0.717) is 6.04 Å². The minimum atomic E-state index is 0. The molecule has 0 amide bonds. The molecule has 1 aliphatic rings. The summed E-state index contributed by atoms with van der Waals surface area (Å²) in [7, 11) is 0. The highest BCUT2D eigenvalue weighted by Crippen LogP contribution is 2.18. The molecule has 3 heteroatoms. The number of morpholine rings is 1. The third kappa shape index (κ3) is 19.1. The molecule has 1 aliphatic heterocycles. The average molecular weight is 444 g/mol. The van der Waals surface area contributed by atoms with Gasteiger partial charge in [-0.3, -0.25) is 9.60 Å². The van der Waals surface area contributed by atoms with Crippen LogP contribution in [0.15, 0.2) is 0 Å². The first kappa shape index (κ1) is 30.9. The Balaban J connectivity index is 0.00000900. The smallest absolute Gasteiger partial charge is 0.0622 e. The van der Waals surface area contributed by atoms with Crippen LogP contribution < -0.4 is 0 Å². The molecule has 0 radical (unpaired) electrons. The van der Waals surface area contributed by atoms with E-state index in [9.17, 15) is 0 Å². The summed E-state index contributed by atoms with van der Waals surface area (Å²) in [5.74, 6) is 0. The predicted molar refractivity (Wildman–Crippen MR) is 137 cm³/mol. The van der Waals surface area contributed by atoms with Gasteiger partial charge < -0.3 is 4.74 Å². The van der Waals surface area contributed by atoms with Gasteiger partial charge in [-0.1, -0.05) is 136 Å². The molecule has 1 unspecified atom stereocenters. The second kappa shape index (κ2) is 24.5. The second-order valence-electron chi connectivity index (χ2n) is 9.92. The highest BCUT2D eigenvalue weighted by atomic mass is 19.0. The Kier molecular flexibility index (Phi) is 24.4. The zero-order valence-electron chi connectivity index (χ0n) is 21.5. The largest absolute Gasteiger partial charge is 0.378 e. The summed E-state index contributed by atoms with van der Waals surface area (Å²) in [5.41, 5.74) is 0. The Morgan fingerprint density at radius 2 is 1.00 bits per heavy atom. The van der Waals surface area contributed by atoms with Gasteiger partial charge in [-0.15, -0.1) is 0 Å². The molecular formula is C28H58FNO. The summed E-state index contributed by atoms with van der Waals surface area (Å²) in [6, 6.07) is 0.700. The zero-order valence-corrected chi connectivity index (χ0v) is 21.5. The van der Waals surface area contributed by atoms with Crippen molar-refractivity contribution in [2.75, 3.05) is 26.3 Å². The van der Waals surface area contributed by atoms with E-state index >= 15 is 0 Å². The van der Waals surface area contributed by atoms with Crippen LogP contribution >= 0.6 is 0 Å². The van der Waals surface area contributed by atoms with Crippen LogP contribution in [0.3, 0.4) is 0 Å². The lowest BCUT2D eigenvalue weighted by atomic mass is 10.0. The lowest BCUT2D eigenvalue weighted by Crippen LogP contribution is -2.45. The van der Waals surface area contributed by atoms with Crippen molar-refractivity contribution in [3.63, 3.8) is 0 Å². The first-order valence-corrected chi connectivity index (χ1v) is 14.2. The summed E-state index contributed by atoms with van der Waals surface area (Å²) < 4.78 is 5.81. The van der Waals surface area contributed by atoms with Crippen LogP contribution in [0.25, 0.3) is 0 Å². The summed E-state index contributed by atoms with van der Waals surface area (Å²) in [6.07, 6.45) is 30.1. The average Bonchev–Trinajstić information content (AvgIpc) is 2.77. The molecular weight excluding hydrogens is 385 g/mol. The maximum Gasteiger partial charge on any atom is 0.0622 e. The Labute approximate surface area is 195 Å². The molecule has 1 fully saturated rings. The van der Waals surface area contributed by atoms with Gasteiger partial charge in [-0.25, -0.2) is 0 Å². The third-order valence-corrected chi connectivity index (χ3v) is 7.04. The molecule has 1 saturated heterocycles. The van der Waals surface area contributed by atoms with Crippen molar-refractivity contribution in [2.45, 2.75) is 155 Å². The molecule has 0 spiro atoms. The second-order valence-corrected chi connectivity index (χ2v) is 9.92. The number of rotatable bonds is 22. The first-order chi connectivity index (χ1) is 14.9. The summed E-state index contributed by atoms with van der Waals surface area (Å²) in [5, 5.41) is 0. The molecule has 0 aromatic heterocycles. The number of unbranched alkanes of at least 4 members (excludes halogenated alkanes) is 18. The number of ether oxygens (including phenoxy) is 1. The van der Waals surface area contributed by atoms with Gasteiger partial charge in [-0.05, 0) is 19.4 Å². The van der Waals surface area contributed by atoms with E-state index in [2.05, 4.69) is 18.7 Å². The Bertz CT molecular complexity index is 307. The Hall–Kier alpha value is -0.150. The molecule has 2 nitrogen and oxygen atoms in total. The van der Waals surface area contributed by atoms with Gasteiger partial charge >= 0.3 is 0 Å². The van der Waals surface area contributed by atoms with Gasteiger partial charge in [0.25, 0.3) is 0 Å². The van der Waals surface area contributed by atoms with Crippen LogP contribution in [-0.2, 0) is 4.74 Å². The lowest BCUT2D eigenvalue weighted by Gasteiger charge is -2.35. The molecule has 1 rings (SSSR count). The van der Waals surface area contributed by atoms with E-state index in [1.54, 1.807) is 0 Å². The summed E-state index contributed by atoms with van der Waals surface area (Å²) in [4.78, 5) is 2.75. The fraction of sp³-hybridized carbons (Fsp3) is 1.00. The quantitative estimate of drug-likeness (QED) is 0.155. The van der Waals surface area contributed by atoms with E-state index in [0.717, 1.165) is 13.2 Å². The van der Waals surface area contributed by atoms with Gasteiger partial charge in [0.05, 0.1) is 13.2 Å². The van der Waals surface area contributed by atoms with Crippen molar-refractivity contribution in [1.82, 2.24) is 4.90 Å². The molecule has 0 bridgehead atoms. The molecule has 1 heterocycles. The van der Waals surface area contributed by atoms with Crippen LogP contribution in [0.4, 0.5) is 4.70 Å². The topological polar surface area (TPSA) is 12.5 Å². The molecule has 0 saturated carbocycles. The maximum atomic E-state index is 5.81. The van der Waals surface area contributed by atoms with Crippen molar-refractivity contribution >= 4 is 0 Å². The fourth-order valence-corrected chi connectivity index (χ4v) is 4.92. The van der Waals surface area contributed by atoms with Gasteiger partial charge in [-0.2, -0.15) is 0 Å². The van der Waals surface area contributed by atoms with E-state index < -0.39 is 0 Å². The van der Waals surface area contributed by atoms with E-state index in [-0.39, 0.29) is 4.70 Å². The highest BCUT2D eigenvalue weighted by Gasteiger charge is 2.21. The van der Waals surface area contributed by atoms with Crippen molar-refractivity contribution in [2.24, 2.45) is 0 Å². The molecule has 31 heavy (non-hydrogen) atoms. The zero-order chi connectivity index (χ0) is 21.5. The van der Waals surface area contributed by atoms with Crippen LogP contribution in [0.5, 0.6) is 0 Å². The van der Waals surface area contributed by atoms with Crippen molar-refractivity contribution in [3.8, 4) is 0 Å². The van der Waals surface area contributed by atoms with Gasteiger partial charge in [0.2, 0.25) is 0 Å². The van der Waals surface area contributed by atoms with E-state index in [1.807, 2.05) is 0 Å². The monoisotopic (exact) mass is 443 g/mol. The van der Waals surface area contributed by atoms with Gasteiger partial charge in [0.15, 0.2) is 0 Å². The lowest BCUT2D eigenvalue weighted by molar-refractivity contribution is -0.0118. The first-order valence-electron chi connectivity index (χ1n) is 14.2. The Morgan fingerprint density at radius 3 is 1.48 bits per heavy atom. The van der Waals surface area contributed by atoms with Gasteiger partial charge in [0, 0.05) is 12.6 Å². The molecule has 188 valence electrons. The highest BCUT2D eigenvalue weighted by molar-refractivity contribution is 4.75. The summed E-state index contributed by atoms with van der Waals surface area (Å²) >= 11 is 0. The van der Waals surface area contributed by atoms with E-state index in [4.69, 9.17) is 4.74 Å². The Morgan fingerprint density at radius 1 is 0.581 bits per heavy atom. The standard InChI is InChI=1S/C28H57NO.FH/c1-3-5-7-9-11-13-15-17-19-21-23-28-27-30-26-25-29(28)24-22-20-18-16-14-12-10-8-6-4-2;/h28H,3-27H2,1-2H3;1H. The maximum absolute atomic E-state index is 5.81. The normalized spacial score (nSPS) is 17.0. The number of hydrogen-bond donors (Lipinski definition) is 0. The molecule has 0 aromatic rings. The minimum absolute atomic E-state index is 0. The van der Waals surface area contributed by atoms with E-state index in [1.165, 1.54) is 148 Å². The van der Waals surface area contributed by atoms with Crippen molar-refractivity contribution in [3.05, 3.63) is 0 Å². The molecule has 0 N–H and O–H groups in total. The fourth-order valence-electron chi connectivity index (χ4n) is 4.92. The van der Waals surface area contributed by atoms with Crippen molar-refractivity contribution < 1.29 is 9.44 Å². The van der Waals surface area contributed by atoms with Crippen LogP contribution in [-0.4, -0.2) is 37.2 Å². The minimum Gasteiger partial charge on any atom is -0.378 e. The third-order valence-electron chi connectivity index (χ3n) is 7.04. The van der Waals surface area contributed by atoms with Gasteiger partial charge in [0.1, 0.15) is 0 Å². The van der Waals surface area contributed by atoms with Crippen LogP contribution in [0.1, 0.15) is 149 Å². The van der Waals surface area contributed by atoms with Crippen LogP contribution in [0.2, 0.25) is 0 Å². The molecule has 0 aromatic carbocycles. The number of hydrogen-bond acceptors (Lipinski definition) is 2. The molecule has 0 aliphatic carbocycles. The van der Waals surface area contributed by atoms with Crippen molar-refractivity contribution in [1.29, 1.82) is 0 Å². The van der Waals surface area contributed by atoms with Crippen LogP contribution in [0, 0.1) is 0 Å². The SMILES string of the molecule is CCCCCCCCCCCCC1COCCN1CCCCCCCCCCCC.F. The molecule has 1 atom stereocenters. The predicted octanol–water partition coefficient (Wildman–Crippen LogP) is 9.07. The number of halogens is 1. The number of nitrogens with zero attached hydrogens (tertiary/aromatic N) is 1. The summed E-state index contributed by atoms with van der Waals surface area (Å²) in [6.45, 7) is 9.01.